The average molecular weight is 413 g/mol. The number of thiophene rings is 1. The van der Waals surface area contributed by atoms with Gasteiger partial charge in [-0.05, 0) is 38.2 Å². The Balaban J connectivity index is 1.65. The minimum absolute atomic E-state index is 0.126. The van der Waals surface area contributed by atoms with Crippen LogP contribution in [0.3, 0.4) is 0 Å². The number of aromatic nitrogens is 2. The van der Waals surface area contributed by atoms with Crippen molar-refractivity contribution in [1.29, 1.82) is 0 Å². The lowest BCUT2D eigenvalue weighted by molar-refractivity contribution is -0.115. The Morgan fingerprint density at radius 1 is 1.27 bits per heavy atom. The summed E-state index contributed by atoms with van der Waals surface area (Å²) in [5, 5.41) is 11.6. The number of hydrogen-bond donors (Lipinski definition) is 2. The van der Waals surface area contributed by atoms with Crippen LogP contribution in [-0.4, -0.2) is 34.4 Å². The van der Waals surface area contributed by atoms with Crippen molar-refractivity contribution >= 4 is 56.4 Å². The van der Waals surface area contributed by atoms with Crippen molar-refractivity contribution in [1.82, 2.24) is 10.2 Å². The number of nitrogen functional groups attached to an aromatic ring is 1. The van der Waals surface area contributed by atoms with E-state index in [9.17, 15) is 9.59 Å². The zero-order valence-corrected chi connectivity index (χ0v) is 16.8. The second-order valence-electron chi connectivity index (χ2n) is 5.69. The number of aryl methyl sites for hydroxylation is 1. The maximum Gasteiger partial charge on any atom is 0.341 e. The number of carbonyl (C=O) groups excluding carboxylic acids is 2. The molecule has 10 heteroatoms. The van der Waals surface area contributed by atoms with Crippen molar-refractivity contribution < 1.29 is 14.3 Å². The Labute approximate surface area is 163 Å². The second kappa shape index (κ2) is 8.83. The Morgan fingerprint density at radius 3 is 2.81 bits per heavy atom. The third-order valence-corrected chi connectivity index (χ3v) is 6.98. The molecular formula is C16H20N4O3S3. The molecule has 26 heavy (non-hydrogen) atoms. The smallest absolute Gasteiger partial charge is 0.341 e. The molecular weight excluding hydrogens is 392 g/mol. The van der Waals surface area contributed by atoms with Gasteiger partial charge < -0.3 is 15.8 Å². The number of hydrogen-bond acceptors (Lipinski definition) is 9. The zero-order valence-electron chi connectivity index (χ0n) is 14.4. The summed E-state index contributed by atoms with van der Waals surface area (Å²) in [5.74, 6) is 0.0976. The predicted octanol–water partition coefficient (Wildman–Crippen LogP) is 3.36. The van der Waals surface area contributed by atoms with E-state index in [4.69, 9.17) is 10.5 Å². The van der Waals surface area contributed by atoms with Gasteiger partial charge in [-0.25, -0.2) is 4.79 Å². The highest BCUT2D eigenvalue weighted by Crippen LogP contribution is 2.38. The highest BCUT2D eigenvalue weighted by atomic mass is 32.2. The van der Waals surface area contributed by atoms with Gasteiger partial charge in [0.25, 0.3) is 0 Å². The molecule has 0 atom stereocenters. The van der Waals surface area contributed by atoms with Crippen LogP contribution in [0.2, 0.25) is 0 Å². The number of carbonyl (C=O) groups is 2. The first-order valence-corrected chi connectivity index (χ1v) is 11.0. The molecule has 140 valence electrons. The number of ether oxygens (including phenoxy) is 1. The van der Waals surface area contributed by atoms with Gasteiger partial charge >= 0.3 is 5.97 Å². The first-order valence-electron chi connectivity index (χ1n) is 8.41. The van der Waals surface area contributed by atoms with Crippen molar-refractivity contribution in [2.24, 2.45) is 0 Å². The molecule has 0 spiro atoms. The van der Waals surface area contributed by atoms with Crippen molar-refractivity contribution in [2.45, 2.75) is 43.4 Å². The standard InChI is InChI=1S/C16H20N4O3S3/c1-2-23-14(22)12-9-5-3-4-6-10(9)25-13(12)18-11(21)7-8-24-16-20-19-15(17)26-16/h2-8H2,1H3,(H2,17,19)(H,18,21). The molecule has 2 aromatic heterocycles. The van der Waals surface area contributed by atoms with E-state index in [2.05, 4.69) is 15.5 Å². The van der Waals surface area contributed by atoms with Crippen molar-refractivity contribution in [2.75, 3.05) is 23.4 Å². The molecule has 1 aliphatic carbocycles. The largest absolute Gasteiger partial charge is 0.462 e. The molecule has 1 aliphatic rings. The van der Waals surface area contributed by atoms with E-state index in [1.807, 2.05) is 0 Å². The fraction of sp³-hybridized carbons (Fsp3) is 0.500. The van der Waals surface area contributed by atoms with Crippen LogP contribution in [0.4, 0.5) is 10.1 Å². The van der Waals surface area contributed by atoms with Crippen LogP contribution < -0.4 is 11.1 Å². The Morgan fingerprint density at radius 2 is 2.08 bits per heavy atom. The predicted molar refractivity (Wildman–Crippen MR) is 105 cm³/mol. The number of rotatable bonds is 7. The van der Waals surface area contributed by atoms with Crippen molar-refractivity contribution in [3.8, 4) is 0 Å². The number of nitrogens with zero attached hydrogens (tertiary/aromatic N) is 2. The van der Waals surface area contributed by atoms with E-state index in [0.717, 1.165) is 35.6 Å². The van der Waals surface area contributed by atoms with Crippen LogP contribution in [-0.2, 0) is 22.4 Å². The molecule has 0 fully saturated rings. The number of fused-ring (bicyclic) bond motifs is 1. The number of nitrogens with two attached hydrogens (primary N) is 1. The minimum Gasteiger partial charge on any atom is -0.462 e. The van der Waals surface area contributed by atoms with E-state index < -0.39 is 0 Å². The monoisotopic (exact) mass is 412 g/mol. The molecule has 3 N–H and O–H groups in total. The molecule has 7 nitrogen and oxygen atoms in total. The zero-order chi connectivity index (χ0) is 18.5. The number of amides is 1. The Bertz CT molecular complexity index is 803. The van der Waals surface area contributed by atoms with Gasteiger partial charge in [0.15, 0.2) is 4.34 Å². The second-order valence-corrected chi connectivity index (χ2v) is 9.14. The van der Waals surface area contributed by atoms with Crippen molar-refractivity contribution in [3.63, 3.8) is 0 Å². The number of thioether (sulfide) groups is 1. The van der Waals surface area contributed by atoms with E-state index in [0.29, 0.717) is 34.5 Å². The van der Waals surface area contributed by atoms with E-state index in [1.165, 1.54) is 39.3 Å². The van der Waals surface area contributed by atoms with Gasteiger partial charge in [-0.2, -0.15) is 0 Å². The molecule has 0 aliphatic heterocycles. The first kappa shape index (κ1) is 19.1. The molecule has 0 aromatic carbocycles. The van der Waals surface area contributed by atoms with Gasteiger partial charge in [0.05, 0.1) is 12.2 Å². The highest BCUT2D eigenvalue weighted by molar-refractivity contribution is 8.01. The van der Waals surface area contributed by atoms with Crippen LogP contribution in [0.1, 0.15) is 47.0 Å². The summed E-state index contributed by atoms with van der Waals surface area (Å²) in [6.07, 6.45) is 4.31. The molecule has 0 bridgehead atoms. The lowest BCUT2D eigenvalue weighted by Crippen LogP contribution is -2.16. The van der Waals surface area contributed by atoms with Crippen LogP contribution in [0, 0.1) is 0 Å². The number of anilines is 2. The van der Waals surface area contributed by atoms with Crippen LogP contribution in [0.5, 0.6) is 0 Å². The summed E-state index contributed by atoms with van der Waals surface area (Å²) in [7, 11) is 0. The molecule has 0 saturated heterocycles. The third kappa shape index (κ3) is 4.54. The number of esters is 1. The van der Waals surface area contributed by atoms with Gasteiger partial charge in [-0.3, -0.25) is 4.79 Å². The quantitative estimate of drug-likeness (QED) is 0.530. The van der Waals surface area contributed by atoms with E-state index >= 15 is 0 Å². The molecule has 0 saturated carbocycles. The van der Waals surface area contributed by atoms with Crippen molar-refractivity contribution in [3.05, 3.63) is 16.0 Å². The van der Waals surface area contributed by atoms with Gasteiger partial charge in [0.1, 0.15) is 5.00 Å². The summed E-state index contributed by atoms with van der Waals surface area (Å²) in [4.78, 5) is 25.9. The number of nitrogens with one attached hydrogen (secondary N) is 1. The maximum atomic E-state index is 12.4. The summed E-state index contributed by atoms with van der Waals surface area (Å²) in [6, 6.07) is 0. The summed E-state index contributed by atoms with van der Waals surface area (Å²) >= 11 is 4.24. The molecule has 2 aromatic rings. The lowest BCUT2D eigenvalue weighted by atomic mass is 9.95. The minimum atomic E-state index is -0.346. The van der Waals surface area contributed by atoms with E-state index in [1.54, 1.807) is 6.92 Å². The molecule has 0 unspecified atom stereocenters. The maximum absolute atomic E-state index is 12.4. The van der Waals surface area contributed by atoms with E-state index in [-0.39, 0.29) is 11.9 Å². The molecule has 3 rings (SSSR count). The summed E-state index contributed by atoms with van der Waals surface area (Å²) in [6.45, 7) is 2.10. The van der Waals surface area contributed by atoms with Crippen LogP contribution in [0.15, 0.2) is 4.34 Å². The van der Waals surface area contributed by atoms with Crippen LogP contribution >= 0.6 is 34.4 Å². The van der Waals surface area contributed by atoms with Gasteiger partial charge in [-0.15, -0.1) is 21.5 Å². The SMILES string of the molecule is CCOC(=O)c1c(NC(=O)CCSc2nnc(N)s2)sc2c1CCCC2. The molecule has 1 amide bonds. The molecule has 0 radical (unpaired) electrons. The fourth-order valence-electron chi connectivity index (χ4n) is 2.77. The first-order chi connectivity index (χ1) is 12.6. The normalized spacial score (nSPS) is 13.3. The van der Waals surface area contributed by atoms with Crippen LogP contribution in [0.25, 0.3) is 0 Å². The average Bonchev–Trinajstić information content (AvgIpc) is 3.18. The Hall–Kier alpha value is -1.65. The lowest BCUT2D eigenvalue weighted by Gasteiger charge is -2.12. The summed E-state index contributed by atoms with van der Waals surface area (Å²) < 4.78 is 5.95. The van der Waals surface area contributed by atoms with Gasteiger partial charge in [0.2, 0.25) is 11.0 Å². The topological polar surface area (TPSA) is 107 Å². The van der Waals surface area contributed by atoms with Gasteiger partial charge in [-0.1, -0.05) is 23.1 Å². The fourth-order valence-corrected chi connectivity index (χ4v) is 5.71. The third-order valence-electron chi connectivity index (χ3n) is 3.88. The molecule has 2 heterocycles. The Kier molecular flexibility index (Phi) is 6.49. The van der Waals surface area contributed by atoms with Gasteiger partial charge in [0, 0.05) is 17.1 Å². The summed E-state index contributed by atoms with van der Waals surface area (Å²) in [5.41, 5.74) is 7.14. The highest BCUT2D eigenvalue weighted by Gasteiger charge is 2.27.